The van der Waals surface area contributed by atoms with Gasteiger partial charge < -0.3 is 19.9 Å². The Morgan fingerprint density at radius 1 is 1.14 bits per heavy atom. The van der Waals surface area contributed by atoms with E-state index in [1.54, 1.807) is 41.3 Å². The standard InChI is InChI=1S/C21H21ClN4O3/c22-17-6-2-3-7-18(17)24-20(27)14-25-9-11-26(12-10-25)21(28)15-29-19-8-4-1-5-16(19)13-23/h1-8H,9-12,14-15H2,(H,24,27)/p+1. The molecule has 29 heavy (non-hydrogen) atoms. The number of amides is 2. The number of hydrogen-bond acceptors (Lipinski definition) is 4. The van der Waals surface area contributed by atoms with Gasteiger partial charge in [-0.25, -0.2) is 0 Å². The normalized spacial score (nSPS) is 14.1. The van der Waals surface area contributed by atoms with E-state index in [9.17, 15) is 9.59 Å². The Kier molecular flexibility index (Phi) is 7.06. The summed E-state index contributed by atoms with van der Waals surface area (Å²) >= 11 is 6.06. The summed E-state index contributed by atoms with van der Waals surface area (Å²) < 4.78 is 5.51. The molecule has 0 radical (unpaired) electrons. The zero-order chi connectivity index (χ0) is 20.6. The highest BCUT2D eigenvalue weighted by Crippen LogP contribution is 2.20. The maximum Gasteiger partial charge on any atom is 0.279 e. The predicted octanol–water partition coefficient (Wildman–Crippen LogP) is 0.956. The van der Waals surface area contributed by atoms with Gasteiger partial charge in [-0.1, -0.05) is 35.9 Å². The molecule has 3 rings (SSSR count). The van der Waals surface area contributed by atoms with Gasteiger partial charge in [-0.2, -0.15) is 5.26 Å². The number of ether oxygens (including phenoxy) is 1. The van der Waals surface area contributed by atoms with Crippen LogP contribution in [0.3, 0.4) is 0 Å². The van der Waals surface area contributed by atoms with Crippen molar-refractivity contribution in [3.63, 3.8) is 0 Å². The highest BCUT2D eigenvalue weighted by Gasteiger charge is 2.25. The largest absolute Gasteiger partial charge is 0.482 e. The van der Waals surface area contributed by atoms with E-state index in [4.69, 9.17) is 21.6 Å². The number of quaternary nitrogens is 1. The van der Waals surface area contributed by atoms with E-state index in [0.29, 0.717) is 54.7 Å². The van der Waals surface area contributed by atoms with Crippen molar-refractivity contribution in [3.05, 3.63) is 59.1 Å². The predicted molar refractivity (Wildman–Crippen MR) is 109 cm³/mol. The molecule has 150 valence electrons. The zero-order valence-corrected chi connectivity index (χ0v) is 16.6. The van der Waals surface area contributed by atoms with Gasteiger partial charge in [0.05, 0.1) is 42.5 Å². The minimum atomic E-state index is -0.127. The quantitative estimate of drug-likeness (QED) is 0.738. The van der Waals surface area contributed by atoms with Crippen molar-refractivity contribution in [2.24, 2.45) is 0 Å². The van der Waals surface area contributed by atoms with E-state index in [1.807, 2.05) is 18.2 Å². The van der Waals surface area contributed by atoms with E-state index in [-0.39, 0.29) is 18.4 Å². The summed E-state index contributed by atoms with van der Waals surface area (Å²) in [5.74, 6) is 0.172. The third kappa shape index (κ3) is 5.70. The van der Waals surface area contributed by atoms with Crippen LogP contribution in [0.1, 0.15) is 5.56 Å². The van der Waals surface area contributed by atoms with Crippen LogP contribution in [0.15, 0.2) is 48.5 Å². The lowest BCUT2D eigenvalue weighted by Gasteiger charge is -2.31. The molecule has 2 amide bonds. The van der Waals surface area contributed by atoms with Crippen molar-refractivity contribution in [2.75, 3.05) is 44.6 Å². The lowest BCUT2D eigenvalue weighted by molar-refractivity contribution is -0.895. The molecule has 2 N–H and O–H groups in total. The van der Waals surface area contributed by atoms with Gasteiger partial charge in [0.25, 0.3) is 11.8 Å². The summed E-state index contributed by atoms with van der Waals surface area (Å²) in [6, 6.07) is 16.0. The van der Waals surface area contributed by atoms with Gasteiger partial charge in [-0.05, 0) is 24.3 Å². The average Bonchev–Trinajstić information content (AvgIpc) is 2.74. The number of nitrogens with zero attached hydrogens (tertiary/aromatic N) is 2. The minimum absolute atomic E-state index is 0.107. The molecular formula is C21H22ClN4O3+. The molecule has 2 aromatic carbocycles. The summed E-state index contributed by atoms with van der Waals surface area (Å²) in [5.41, 5.74) is 1.00. The number of benzene rings is 2. The number of carbonyl (C=O) groups is 2. The van der Waals surface area contributed by atoms with Crippen LogP contribution in [0.5, 0.6) is 5.75 Å². The number of nitriles is 1. The molecular weight excluding hydrogens is 392 g/mol. The van der Waals surface area contributed by atoms with E-state index < -0.39 is 0 Å². The Hall–Kier alpha value is -3.08. The molecule has 1 aliphatic heterocycles. The second kappa shape index (κ2) is 9.92. The number of carbonyl (C=O) groups excluding carboxylic acids is 2. The SMILES string of the molecule is N#Cc1ccccc1OCC(=O)N1CC[NH+](CC(=O)Nc2ccccc2Cl)CC1. The van der Waals surface area contributed by atoms with E-state index in [0.717, 1.165) is 4.90 Å². The van der Waals surface area contributed by atoms with E-state index in [1.165, 1.54) is 0 Å². The maximum atomic E-state index is 12.4. The second-order valence-corrected chi connectivity index (χ2v) is 7.14. The zero-order valence-electron chi connectivity index (χ0n) is 15.9. The molecule has 0 unspecified atom stereocenters. The van der Waals surface area contributed by atoms with Crippen LogP contribution in [0.2, 0.25) is 5.02 Å². The first kappa shape index (κ1) is 20.6. The van der Waals surface area contributed by atoms with Gasteiger partial charge >= 0.3 is 0 Å². The van der Waals surface area contributed by atoms with Crippen molar-refractivity contribution in [1.29, 1.82) is 5.26 Å². The maximum absolute atomic E-state index is 12.4. The van der Waals surface area contributed by atoms with Crippen LogP contribution in [0.25, 0.3) is 0 Å². The number of halogens is 1. The number of piperazine rings is 1. The fourth-order valence-electron chi connectivity index (χ4n) is 3.15. The number of nitrogens with one attached hydrogen (secondary N) is 2. The summed E-state index contributed by atoms with van der Waals surface area (Å²) in [4.78, 5) is 27.5. The first-order chi connectivity index (χ1) is 14.1. The molecule has 0 bridgehead atoms. The molecule has 0 aromatic heterocycles. The van der Waals surface area contributed by atoms with Crippen LogP contribution >= 0.6 is 11.6 Å². The Bertz CT molecular complexity index is 920. The van der Waals surface area contributed by atoms with Gasteiger partial charge in [0.15, 0.2) is 13.2 Å². The Labute approximate surface area is 174 Å². The van der Waals surface area contributed by atoms with Crippen molar-refractivity contribution < 1.29 is 19.2 Å². The van der Waals surface area contributed by atoms with Crippen molar-refractivity contribution in [3.8, 4) is 11.8 Å². The Balaban J connectivity index is 1.43. The number of rotatable bonds is 6. The van der Waals surface area contributed by atoms with Gasteiger partial charge in [0, 0.05) is 0 Å². The monoisotopic (exact) mass is 413 g/mol. The molecule has 8 heteroatoms. The molecule has 1 heterocycles. The van der Waals surface area contributed by atoms with Gasteiger partial charge in [-0.3, -0.25) is 9.59 Å². The van der Waals surface area contributed by atoms with Crippen LogP contribution in [-0.2, 0) is 9.59 Å². The molecule has 0 saturated carbocycles. The minimum Gasteiger partial charge on any atom is -0.482 e. The number of hydrogen-bond donors (Lipinski definition) is 2. The Morgan fingerprint density at radius 2 is 1.83 bits per heavy atom. The van der Waals surface area contributed by atoms with Crippen LogP contribution < -0.4 is 15.0 Å². The fourth-order valence-corrected chi connectivity index (χ4v) is 3.33. The average molecular weight is 414 g/mol. The van der Waals surface area contributed by atoms with Gasteiger partial charge in [0.1, 0.15) is 11.8 Å². The number of para-hydroxylation sites is 2. The highest BCUT2D eigenvalue weighted by molar-refractivity contribution is 6.33. The summed E-state index contributed by atoms with van der Waals surface area (Å²) in [6.45, 7) is 2.67. The molecule has 2 aromatic rings. The molecule has 1 aliphatic rings. The van der Waals surface area contributed by atoms with Gasteiger partial charge in [-0.15, -0.1) is 0 Å². The lowest BCUT2D eigenvalue weighted by atomic mass is 10.2. The highest BCUT2D eigenvalue weighted by atomic mass is 35.5. The van der Waals surface area contributed by atoms with Crippen molar-refractivity contribution in [1.82, 2.24) is 4.90 Å². The molecule has 7 nitrogen and oxygen atoms in total. The van der Waals surface area contributed by atoms with Crippen molar-refractivity contribution in [2.45, 2.75) is 0 Å². The third-order valence-electron chi connectivity index (χ3n) is 4.74. The first-order valence-electron chi connectivity index (χ1n) is 9.34. The molecule has 1 fully saturated rings. The molecule has 1 saturated heterocycles. The van der Waals surface area contributed by atoms with Crippen LogP contribution in [0, 0.1) is 11.3 Å². The molecule has 0 atom stereocenters. The first-order valence-corrected chi connectivity index (χ1v) is 9.72. The molecule has 0 aliphatic carbocycles. The number of anilines is 1. The van der Waals surface area contributed by atoms with Crippen LogP contribution in [0.4, 0.5) is 5.69 Å². The van der Waals surface area contributed by atoms with Crippen LogP contribution in [-0.4, -0.2) is 56.0 Å². The Morgan fingerprint density at radius 3 is 2.55 bits per heavy atom. The van der Waals surface area contributed by atoms with E-state index in [2.05, 4.69) is 5.32 Å². The summed E-state index contributed by atoms with van der Waals surface area (Å²) in [6.07, 6.45) is 0. The summed E-state index contributed by atoms with van der Waals surface area (Å²) in [7, 11) is 0. The summed E-state index contributed by atoms with van der Waals surface area (Å²) in [5, 5.41) is 12.4. The molecule has 0 spiro atoms. The van der Waals surface area contributed by atoms with E-state index >= 15 is 0 Å². The fraction of sp³-hybridized carbons (Fsp3) is 0.286. The smallest absolute Gasteiger partial charge is 0.279 e. The second-order valence-electron chi connectivity index (χ2n) is 6.73. The van der Waals surface area contributed by atoms with Gasteiger partial charge in [0.2, 0.25) is 0 Å². The topological polar surface area (TPSA) is 86.9 Å². The van der Waals surface area contributed by atoms with Crippen molar-refractivity contribution >= 4 is 29.1 Å². The lowest BCUT2D eigenvalue weighted by Crippen LogP contribution is -3.15. The third-order valence-corrected chi connectivity index (χ3v) is 5.07.